The predicted molar refractivity (Wildman–Crippen MR) is 82.5 cm³/mol. The van der Waals surface area contributed by atoms with Gasteiger partial charge in [-0.05, 0) is 37.9 Å². The van der Waals surface area contributed by atoms with Crippen LogP contribution < -0.4 is 15.8 Å². The molecule has 0 bridgehead atoms. The quantitative estimate of drug-likeness (QED) is 0.830. The summed E-state index contributed by atoms with van der Waals surface area (Å²) in [5.74, 6) is 0.468. The van der Waals surface area contributed by atoms with Gasteiger partial charge in [0.15, 0.2) is 0 Å². The third-order valence-electron chi connectivity index (χ3n) is 4.64. The van der Waals surface area contributed by atoms with Crippen LogP contribution in [0.1, 0.15) is 36.0 Å². The van der Waals surface area contributed by atoms with Gasteiger partial charge in [-0.15, -0.1) is 0 Å². The molecular weight excluding hydrogens is 266 g/mol. The summed E-state index contributed by atoms with van der Waals surface area (Å²) in [7, 11) is 1.56. The van der Waals surface area contributed by atoms with Crippen LogP contribution in [-0.2, 0) is 0 Å². The first-order valence-electron chi connectivity index (χ1n) is 7.67. The van der Waals surface area contributed by atoms with Gasteiger partial charge >= 0.3 is 0 Å². The molecular formula is C16H23N3O2. The topological polar surface area (TPSA) is 67.6 Å². The Hall–Kier alpha value is -1.75. The second-order valence-electron chi connectivity index (χ2n) is 5.93. The molecule has 2 unspecified atom stereocenters. The summed E-state index contributed by atoms with van der Waals surface area (Å²) < 4.78 is 5.27. The summed E-state index contributed by atoms with van der Waals surface area (Å²) in [6.45, 7) is 2.26. The first kappa shape index (κ1) is 14.2. The Morgan fingerprint density at radius 1 is 1.33 bits per heavy atom. The van der Waals surface area contributed by atoms with Crippen molar-refractivity contribution >= 4 is 11.6 Å². The van der Waals surface area contributed by atoms with Crippen LogP contribution in [0.4, 0.5) is 5.69 Å². The van der Waals surface area contributed by atoms with Gasteiger partial charge in [0.1, 0.15) is 5.75 Å². The molecule has 2 fully saturated rings. The average Bonchev–Trinajstić information content (AvgIpc) is 2.90. The first-order valence-corrected chi connectivity index (χ1v) is 7.67. The number of carbonyl (C=O) groups excluding carboxylic acids is 1. The average molecular weight is 289 g/mol. The van der Waals surface area contributed by atoms with Crippen LogP contribution in [0, 0.1) is 0 Å². The van der Waals surface area contributed by atoms with Crippen molar-refractivity contribution in [2.75, 3.05) is 25.9 Å². The molecule has 0 spiro atoms. The van der Waals surface area contributed by atoms with Gasteiger partial charge in [-0.25, -0.2) is 0 Å². The maximum Gasteiger partial charge on any atom is 0.255 e. The minimum atomic E-state index is -0.0655. The van der Waals surface area contributed by atoms with Crippen molar-refractivity contribution in [3.8, 4) is 5.75 Å². The summed E-state index contributed by atoms with van der Waals surface area (Å²) in [4.78, 5) is 15.0. The van der Waals surface area contributed by atoms with Gasteiger partial charge in [-0.2, -0.15) is 0 Å². The molecule has 2 aliphatic heterocycles. The summed E-state index contributed by atoms with van der Waals surface area (Å²) in [6, 6.07) is 5.91. The summed E-state index contributed by atoms with van der Waals surface area (Å²) >= 11 is 0. The third kappa shape index (κ3) is 2.83. The van der Waals surface area contributed by atoms with Crippen molar-refractivity contribution in [3.63, 3.8) is 0 Å². The number of ether oxygens (including phenoxy) is 1. The number of amides is 1. The molecule has 1 aromatic rings. The van der Waals surface area contributed by atoms with E-state index in [9.17, 15) is 4.79 Å². The molecule has 0 aromatic heterocycles. The number of nitrogens with zero attached hydrogens (tertiary/aromatic N) is 1. The Balaban J connectivity index is 1.72. The lowest BCUT2D eigenvalue weighted by molar-refractivity contribution is 0.0912. The van der Waals surface area contributed by atoms with E-state index >= 15 is 0 Å². The molecule has 0 radical (unpaired) electrons. The molecule has 0 saturated carbocycles. The molecule has 21 heavy (non-hydrogen) atoms. The smallest absolute Gasteiger partial charge is 0.255 e. The molecule has 2 heterocycles. The molecule has 3 rings (SSSR count). The van der Waals surface area contributed by atoms with E-state index in [1.54, 1.807) is 25.3 Å². The SMILES string of the molecule is COc1cc(N)ccc1C(=O)NC1CCN2CCCCC12. The lowest BCUT2D eigenvalue weighted by Gasteiger charge is -2.32. The van der Waals surface area contributed by atoms with Gasteiger partial charge in [-0.3, -0.25) is 9.69 Å². The number of hydrogen-bond acceptors (Lipinski definition) is 4. The second-order valence-corrected chi connectivity index (χ2v) is 5.93. The van der Waals surface area contributed by atoms with E-state index < -0.39 is 0 Å². The first-order chi connectivity index (χ1) is 10.2. The minimum absolute atomic E-state index is 0.0655. The van der Waals surface area contributed by atoms with E-state index in [1.165, 1.54) is 25.8 Å². The van der Waals surface area contributed by atoms with E-state index in [0.717, 1.165) is 13.0 Å². The van der Waals surface area contributed by atoms with Crippen molar-refractivity contribution in [2.24, 2.45) is 0 Å². The van der Waals surface area contributed by atoms with Crippen LogP contribution in [0.3, 0.4) is 0 Å². The van der Waals surface area contributed by atoms with Crippen molar-refractivity contribution in [1.82, 2.24) is 10.2 Å². The van der Waals surface area contributed by atoms with Crippen LogP contribution in [0.5, 0.6) is 5.75 Å². The molecule has 0 aliphatic carbocycles. The van der Waals surface area contributed by atoms with Crippen LogP contribution >= 0.6 is 0 Å². The van der Waals surface area contributed by atoms with E-state index in [4.69, 9.17) is 10.5 Å². The Morgan fingerprint density at radius 3 is 3.00 bits per heavy atom. The van der Waals surface area contributed by atoms with Crippen molar-refractivity contribution < 1.29 is 9.53 Å². The molecule has 5 nitrogen and oxygen atoms in total. The van der Waals surface area contributed by atoms with Gasteiger partial charge in [-0.1, -0.05) is 6.42 Å². The van der Waals surface area contributed by atoms with Crippen LogP contribution in [-0.4, -0.2) is 43.1 Å². The fraction of sp³-hybridized carbons (Fsp3) is 0.562. The normalized spacial score (nSPS) is 25.4. The number of nitrogens with one attached hydrogen (secondary N) is 1. The molecule has 1 amide bonds. The van der Waals surface area contributed by atoms with Gasteiger partial charge in [0.05, 0.1) is 12.7 Å². The number of methoxy groups -OCH3 is 1. The zero-order valence-electron chi connectivity index (χ0n) is 12.5. The number of anilines is 1. The predicted octanol–water partition coefficient (Wildman–Crippen LogP) is 1.63. The van der Waals surface area contributed by atoms with E-state index in [2.05, 4.69) is 10.2 Å². The molecule has 2 atom stereocenters. The molecule has 2 saturated heterocycles. The van der Waals surface area contributed by atoms with Crippen molar-refractivity contribution in [3.05, 3.63) is 23.8 Å². The number of carbonyl (C=O) groups is 1. The fourth-order valence-electron chi connectivity index (χ4n) is 3.56. The number of hydrogen-bond donors (Lipinski definition) is 2. The van der Waals surface area contributed by atoms with Crippen LogP contribution in [0.25, 0.3) is 0 Å². The number of rotatable bonds is 3. The molecule has 5 heteroatoms. The number of fused-ring (bicyclic) bond motifs is 1. The van der Waals surface area contributed by atoms with Gasteiger partial charge in [0.2, 0.25) is 0 Å². The molecule has 3 N–H and O–H groups in total. The number of piperidine rings is 1. The second kappa shape index (κ2) is 5.93. The highest BCUT2D eigenvalue weighted by Crippen LogP contribution is 2.28. The molecule has 2 aliphatic rings. The number of nitrogens with two attached hydrogens (primary N) is 1. The summed E-state index contributed by atoms with van der Waals surface area (Å²) in [6.07, 6.45) is 4.76. The van der Waals surface area contributed by atoms with Crippen molar-refractivity contribution in [1.29, 1.82) is 0 Å². The number of benzene rings is 1. The zero-order valence-corrected chi connectivity index (χ0v) is 12.5. The Kier molecular flexibility index (Phi) is 4.01. The number of nitrogen functional groups attached to an aromatic ring is 1. The largest absolute Gasteiger partial charge is 0.496 e. The molecule has 114 valence electrons. The summed E-state index contributed by atoms with van der Waals surface area (Å²) in [5, 5.41) is 3.19. The summed E-state index contributed by atoms with van der Waals surface area (Å²) in [5.41, 5.74) is 6.89. The van der Waals surface area contributed by atoms with Crippen molar-refractivity contribution in [2.45, 2.75) is 37.8 Å². The maximum absolute atomic E-state index is 12.5. The van der Waals surface area contributed by atoms with E-state index in [-0.39, 0.29) is 11.9 Å². The highest BCUT2D eigenvalue weighted by Gasteiger charge is 2.36. The van der Waals surface area contributed by atoms with E-state index in [1.807, 2.05) is 0 Å². The Labute approximate surface area is 125 Å². The lowest BCUT2D eigenvalue weighted by atomic mass is 9.98. The lowest BCUT2D eigenvalue weighted by Crippen LogP contribution is -2.46. The standard InChI is InChI=1S/C16H23N3O2/c1-21-15-10-11(17)5-6-12(15)16(20)18-13-7-9-19-8-3-2-4-14(13)19/h5-6,10,13-14H,2-4,7-9,17H2,1H3,(H,18,20). The highest BCUT2D eigenvalue weighted by atomic mass is 16.5. The molecule has 1 aromatic carbocycles. The Morgan fingerprint density at radius 2 is 2.19 bits per heavy atom. The van der Waals surface area contributed by atoms with Crippen LogP contribution in [0.2, 0.25) is 0 Å². The fourth-order valence-corrected chi connectivity index (χ4v) is 3.56. The van der Waals surface area contributed by atoms with Gasteiger partial charge in [0.25, 0.3) is 5.91 Å². The Bertz CT molecular complexity index is 532. The van der Waals surface area contributed by atoms with E-state index in [0.29, 0.717) is 23.0 Å². The highest BCUT2D eigenvalue weighted by molar-refractivity contribution is 5.97. The van der Waals surface area contributed by atoms with Gasteiger partial charge < -0.3 is 15.8 Å². The van der Waals surface area contributed by atoms with Gasteiger partial charge in [0, 0.05) is 30.4 Å². The minimum Gasteiger partial charge on any atom is -0.496 e. The third-order valence-corrected chi connectivity index (χ3v) is 4.64. The maximum atomic E-state index is 12.5. The zero-order chi connectivity index (χ0) is 14.8. The monoisotopic (exact) mass is 289 g/mol. The van der Waals surface area contributed by atoms with Crippen LogP contribution in [0.15, 0.2) is 18.2 Å².